The first-order valence-electron chi connectivity index (χ1n) is 20.4. The van der Waals surface area contributed by atoms with Gasteiger partial charge in [0.1, 0.15) is 30.9 Å². The molecule has 0 aliphatic carbocycles. The lowest BCUT2D eigenvalue weighted by molar-refractivity contribution is -0.158. The standard InChI is InChI=1S/C46H62N4O9/c1-32(2)27-34-22-24-37(25-23-34)33(3)42(53)48-29-39(43(54)47-26-16-8-7-15-21-41(52)57-30-35-17-11-9-12-18-35)49-40(51)28-38(44(55)59-46(4,5)6)50-45(56)58-31-36-19-13-10-14-20-36/h9-14,17-20,22-25,32-33,38-39H,7-8,15-16,21,26-31H2,1-6H3,(H,47,54)(H,48,53)(H,49,51)(H,50,56)/t33-,38-,39+/m0/s1. The average Bonchev–Trinajstić information content (AvgIpc) is 3.19. The van der Waals surface area contributed by atoms with Gasteiger partial charge in [0.15, 0.2) is 0 Å². The monoisotopic (exact) mass is 814 g/mol. The number of ether oxygens (including phenoxy) is 3. The van der Waals surface area contributed by atoms with Crippen LogP contribution in [0.5, 0.6) is 0 Å². The van der Waals surface area contributed by atoms with Crippen LogP contribution in [0.4, 0.5) is 4.79 Å². The van der Waals surface area contributed by atoms with Crippen LogP contribution in [0.25, 0.3) is 0 Å². The summed E-state index contributed by atoms with van der Waals surface area (Å²) < 4.78 is 16.1. The number of alkyl carbamates (subject to hydrolysis) is 1. The number of esters is 2. The maximum Gasteiger partial charge on any atom is 0.408 e. The molecule has 59 heavy (non-hydrogen) atoms. The van der Waals surface area contributed by atoms with Crippen molar-refractivity contribution in [3.63, 3.8) is 0 Å². The molecule has 0 bridgehead atoms. The van der Waals surface area contributed by atoms with Gasteiger partial charge < -0.3 is 35.5 Å². The van der Waals surface area contributed by atoms with Crippen LogP contribution in [-0.2, 0) is 57.8 Å². The third-order valence-corrected chi connectivity index (χ3v) is 9.08. The van der Waals surface area contributed by atoms with Crippen molar-refractivity contribution >= 4 is 35.8 Å². The third kappa shape index (κ3) is 19.5. The number of hydrogen-bond acceptors (Lipinski definition) is 9. The zero-order valence-electron chi connectivity index (χ0n) is 35.3. The maximum absolute atomic E-state index is 13.5. The smallest absolute Gasteiger partial charge is 0.408 e. The Morgan fingerprint density at radius 1 is 0.627 bits per heavy atom. The van der Waals surface area contributed by atoms with E-state index in [-0.39, 0.29) is 44.6 Å². The Balaban J connectivity index is 1.60. The number of nitrogens with one attached hydrogen (secondary N) is 4. The van der Waals surface area contributed by atoms with E-state index in [4.69, 9.17) is 14.2 Å². The highest BCUT2D eigenvalue weighted by molar-refractivity contribution is 5.92. The minimum atomic E-state index is -1.44. The molecule has 13 heteroatoms. The first-order chi connectivity index (χ1) is 28.1. The molecule has 0 radical (unpaired) electrons. The molecule has 0 saturated carbocycles. The number of amides is 4. The Hall–Kier alpha value is -5.72. The Morgan fingerprint density at radius 3 is 1.81 bits per heavy atom. The predicted octanol–water partition coefficient (Wildman–Crippen LogP) is 6.43. The highest BCUT2D eigenvalue weighted by atomic mass is 16.6. The maximum atomic E-state index is 13.5. The van der Waals surface area contributed by atoms with Gasteiger partial charge in [-0.3, -0.25) is 19.2 Å². The molecule has 0 heterocycles. The zero-order valence-corrected chi connectivity index (χ0v) is 35.3. The van der Waals surface area contributed by atoms with Gasteiger partial charge in [0, 0.05) is 19.5 Å². The Labute approximate surface area is 348 Å². The van der Waals surface area contributed by atoms with E-state index in [0.29, 0.717) is 18.8 Å². The van der Waals surface area contributed by atoms with Crippen LogP contribution in [0, 0.1) is 5.92 Å². The lowest BCUT2D eigenvalue weighted by atomic mass is 9.96. The molecule has 4 N–H and O–H groups in total. The molecule has 0 spiro atoms. The number of hydrogen-bond donors (Lipinski definition) is 4. The summed E-state index contributed by atoms with van der Waals surface area (Å²) in [6.07, 6.45) is 2.42. The van der Waals surface area contributed by atoms with Crippen LogP contribution in [0.3, 0.4) is 0 Å². The van der Waals surface area contributed by atoms with E-state index < -0.39 is 53.9 Å². The van der Waals surface area contributed by atoms with Gasteiger partial charge in [0.2, 0.25) is 17.7 Å². The molecule has 4 amide bonds. The zero-order chi connectivity index (χ0) is 43.2. The van der Waals surface area contributed by atoms with Crippen molar-refractivity contribution in [3.8, 4) is 0 Å². The van der Waals surface area contributed by atoms with Crippen LogP contribution in [0.2, 0.25) is 0 Å². The molecule has 3 atom stereocenters. The molecule has 320 valence electrons. The first kappa shape index (κ1) is 47.7. The van der Waals surface area contributed by atoms with Gasteiger partial charge in [-0.1, -0.05) is 112 Å². The Morgan fingerprint density at radius 2 is 1.22 bits per heavy atom. The predicted molar refractivity (Wildman–Crippen MR) is 225 cm³/mol. The molecular formula is C46H62N4O9. The normalized spacial score (nSPS) is 12.7. The number of rotatable bonds is 23. The van der Waals surface area contributed by atoms with Crippen molar-refractivity contribution in [2.24, 2.45) is 5.92 Å². The lowest BCUT2D eigenvalue weighted by Crippen LogP contribution is -2.54. The summed E-state index contributed by atoms with van der Waals surface area (Å²) in [6, 6.07) is 23.6. The summed E-state index contributed by atoms with van der Waals surface area (Å²) >= 11 is 0. The molecule has 0 aliphatic rings. The largest absolute Gasteiger partial charge is 0.461 e. The van der Waals surface area contributed by atoms with Gasteiger partial charge in [-0.15, -0.1) is 0 Å². The molecule has 0 fully saturated rings. The van der Waals surface area contributed by atoms with Crippen molar-refractivity contribution in [1.29, 1.82) is 0 Å². The van der Waals surface area contributed by atoms with E-state index in [1.165, 1.54) is 5.56 Å². The molecule has 0 aromatic heterocycles. The second kappa shape index (κ2) is 24.9. The van der Waals surface area contributed by atoms with Crippen molar-refractivity contribution < 1.29 is 43.0 Å². The summed E-state index contributed by atoms with van der Waals surface area (Å²) in [5.74, 6) is -2.81. The molecule has 3 aromatic rings. The molecule has 0 aliphatic heterocycles. The van der Waals surface area contributed by atoms with E-state index in [2.05, 4.69) is 35.1 Å². The Kier molecular flexibility index (Phi) is 20.1. The summed E-state index contributed by atoms with van der Waals surface area (Å²) in [4.78, 5) is 78.4. The van der Waals surface area contributed by atoms with Crippen LogP contribution >= 0.6 is 0 Å². The van der Waals surface area contributed by atoms with Crippen LogP contribution < -0.4 is 21.3 Å². The first-order valence-corrected chi connectivity index (χ1v) is 20.4. The number of carbonyl (C=O) groups excluding carboxylic acids is 6. The molecular weight excluding hydrogens is 753 g/mol. The van der Waals surface area contributed by atoms with E-state index in [1.54, 1.807) is 52.0 Å². The molecule has 0 saturated heterocycles. The second-order valence-corrected chi connectivity index (χ2v) is 16.0. The average molecular weight is 815 g/mol. The Bertz CT molecular complexity index is 1780. The van der Waals surface area contributed by atoms with E-state index >= 15 is 0 Å². The summed E-state index contributed by atoms with van der Waals surface area (Å²) in [5.41, 5.74) is 2.69. The number of benzene rings is 3. The van der Waals surface area contributed by atoms with Gasteiger partial charge in [0.25, 0.3) is 0 Å². The molecule has 3 rings (SSSR count). The van der Waals surface area contributed by atoms with Crippen molar-refractivity contribution in [3.05, 3.63) is 107 Å². The fourth-order valence-electron chi connectivity index (χ4n) is 5.93. The minimum Gasteiger partial charge on any atom is -0.461 e. The number of unbranched alkanes of at least 4 members (excludes halogenated alkanes) is 3. The summed E-state index contributed by atoms with van der Waals surface area (Å²) in [7, 11) is 0. The number of carbonyl (C=O) groups is 6. The fourth-order valence-corrected chi connectivity index (χ4v) is 5.93. The third-order valence-electron chi connectivity index (χ3n) is 9.08. The van der Waals surface area contributed by atoms with E-state index in [9.17, 15) is 28.8 Å². The van der Waals surface area contributed by atoms with Crippen molar-refractivity contribution in [1.82, 2.24) is 21.3 Å². The lowest BCUT2D eigenvalue weighted by Gasteiger charge is -2.25. The van der Waals surface area contributed by atoms with Gasteiger partial charge in [-0.2, -0.15) is 0 Å². The highest BCUT2D eigenvalue weighted by Crippen LogP contribution is 2.18. The van der Waals surface area contributed by atoms with Gasteiger partial charge >= 0.3 is 18.0 Å². The summed E-state index contributed by atoms with van der Waals surface area (Å²) in [5, 5.41) is 10.7. The SMILES string of the molecule is CC(C)Cc1ccc([C@H](C)C(=O)NC[C@@H](NC(=O)C[C@H](NC(=O)OCc2ccccc2)C(=O)OC(C)(C)C)C(=O)NCCCCCCC(=O)OCc2ccccc2)cc1. The fraction of sp³-hybridized carbons (Fsp3) is 0.478. The van der Waals surface area contributed by atoms with Crippen molar-refractivity contribution in [2.75, 3.05) is 13.1 Å². The van der Waals surface area contributed by atoms with Crippen LogP contribution in [0.15, 0.2) is 84.9 Å². The summed E-state index contributed by atoms with van der Waals surface area (Å²) in [6.45, 7) is 11.2. The molecule has 13 nitrogen and oxygen atoms in total. The second-order valence-electron chi connectivity index (χ2n) is 16.0. The minimum absolute atomic E-state index is 0.0658. The van der Waals surface area contributed by atoms with E-state index in [0.717, 1.165) is 36.0 Å². The quantitative estimate of drug-likeness (QED) is 0.0478. The molecule has 0 unspecified atom stereocenters. The highest BCUT2D eigenvalue weighted by Gasteiger charge is 2.31. The van der Waals surface area contributed by atoms with Crippen LogP contribution in [0.1, 0.15) is 108 Å². The van der Waals surface area contributed by atoms with Gasteiger partial charge in [0.05, 0.1) is 12.3 Å². The molecule has 3 aromatic carbocycles. The van der Waals surface area contributed by atoms with E-state index in [1.807, 2.05) is 60.7 Å². The van der Waals surface area contributed by atoms with Gasteiger partial charge in [-0.25, -0.2) is 9.59 Å². The van der Waals surface area contributed by atoms with Gasteiger partial charge in [-0.05, 0) is 75.1 Å². The topological polar surface area (TPSA) is 178 Å². The van der Waals surface area contributed by atoms with Crippen molar-refractivity contribution in [2.45, 2.75) is 123 Å². The van der Waals surface area contributed by atoms with Crippen LogP contribution in [-0.4, -0.2) is 66.5 Å².